The number of benzene rings is 1. The van der Waals surface area contributed by atoms with Gasteiger partial charge in [-0.25, -0.2) is 28.8 Å². The van der Waals surface area contributed by atoms with Crippen molar-refractivity contribution in [1.29, 1.82) is 0 Å². The zero-order valence-corrected chi connectivity index (χ0v) is 25.6. The minimum absolute atomic E-state index is 0.00317. The summed E-state index contributed by atoms with van der Waals surface area (Å²) in [7, 11) is -3.76. The summed E-state index contributed by atoms with van der Waals surface area (Å²) in [6.07, 6.45) is 3.89. The Hall–Kier alpha value is -3.44. The Balaban J connectivity index is 1.10. The maximum Gasteiger partial charge on any atom is 0.335 e. The number of nitrogens with two attached hydrogens (primary N) is 1. The molecule has 3 aliphatic carbocycles. The molecule has 2 bridgehead atoms. The van der Waals surface area contributed by atoms with E-state index in [0.29, 0.717) is 53.8 Å². The second-order valence-electron chi connectivity index (χ2n) is 12.6. The summed E-state index contributed by atoms with van der Waals surface area (Å²) in [5.74, 6) is -1.14. The van der Waals surface area contributed by atoms with E-state index in [1.54, 1.807) is 25.3 Å². The van der Waals surface area contributed by atoms with Gasteiger partial charge in [-0.15, -0.1) is 11.3 Å². The lowest BCUT2D eigenvalue weighted by molar-refractivity contribution is -0.194. The number of amides is 2. The number of rotatable bonds is 9. The number of fused-ring (bicyclic) bond motifs is 1. The fraction of sp³-hybridized carbons (Fsp3) is 0.500. The van der Waals surface area contributed by atoms with Gasteiger partial charge in [-0.05, 0) is 48.8 Å². The van der Waals surface area contributed by atoms with Gasteiger partial charge in [-0.3, -0.25) is 9.89 Å². The van der Waals surface area contributed by atoms with Gasteiger partial charge < -0.3 is 20.2 Å². The molecule has 1 aromatic heterocycles. The third-order valence-corrected chi connectivity index (χ3v) is 11.1. The fourth-order valence-electron chi connectivity index (χ4n) is 7.77. The van der Waals surface area contributed by atoms with Crippen LogP contribution in [0, 0.1) is 18.2 Å². The first-order valence-corrected chi connectivity index (χ1v) is 16.8. The molecular formula is C28H33FN8O5S2. The zero-order chi connectivity index (χ0) is 31.0. The van der Waals surface area contributed by atoms with Gasteiger partial charge in [-0.1, -0.05) is 12.1 Å². The molecule has 0 spiro atoms. The number of halogens is 1. The number of carbonyl (C=O) groups is 2. The predicted molar refractivity (Wildman–Crippen MR) is 159 cm³/mol. The van der Waals surface area contributed by atoms with E-state index in [1.165, 1.54) is 17.4 Å². The molecule has 13 nitrogen and oxygen atoms in total. The number of carbonyl (C=O) groups excluding carboxylic acids is 1. The van der Waals surface area contributed by atoms with Crippen LogP contribution in [0.5, 0.6) is 0 Å². The van der Waals surface area contributed by atoms with Crippen molar-refractivity contribution in [3.8, 4) is 0 Å². The van der Waals surface area contributed by atoms with E-state index in [4.69, 9.17) is 10.1 Å². The van der Waals surface area contributed by atoms with Crippen LogP contribution in [0.2, 0.25) is 0 Å². The molecule has 0 unspecified atom stereocenters. The molecule has 234 valence electrons. The summed E-state index contributed by atoms with van der Waals surface area (Å²) in [6, 6.07) is 3.62. The SMILES string of the molecule is Cc1c(F)cccc1[C@@H]1N=C(c2nccs2)NC(CN2CCN3C(=O)N(C45CC(CNS(N)(=O)=O)(C4)C5)C[C@@H]3C2)=C1C(=O)O. The first kappa shape index (κ1) is 29.3. The summed E-state index contributed by atoms with van der Waals surface area (Å²) in [5, 5.41) is 21.1. The van der Waals surface area contributed by atoms with Crippen LogP contribution >= 0.6 is 11.3 Å². The summed E-state index contributed by atoms with van der Waals surface area (Å²) in [4.78, 5) is 41.3. The Kier molecular flexibility index (Phi) is 6.86. The van der Waals surface area contributed by atoms with Crippen LogP contribution in [0.25, 0.3) is 0 Å². The second kappa shape index (κ2) is 10.3. The molecule has 1 aromatic carbocycles. The van der Waals surface area contributed by atoms with E-state index in [0.717, 1.165) is 19.3 Å². The van der Waals surface area contributed by atoms with Crippen molar-refractivity contribution in [3.05, 3.63) is 63.0 Å². The average Bonchev–Trinajstić information content (AvgIpc) is 3.56. The zero-order valence-electron chi connectivity index (χ0n) is 24.0. The number of piperazine rings is 1. The molecule has 2 atom stereocenters. The smallest absolute Gasteiger partial charge is 0.335 e. The molecule has 6 aliphatic rings. The number of aliphatic carboxylic acids is 1. The van der Waals surface area contributed by atoms with Gasteiger partial charge in [-0.2, -0.15) is 8.42 Å². The lowest BCUT2D eigenvalue weighted by atomic mass is 9.39. The van der Waals surface area contributed by atoms with Crippen molar-refractivity contribution in [2.75, 3.05) is 39.3 Å². The maximum absolute atomic E-state index is 14.6. The number of aliphatic imine (C=N–C) groups is 1. The van der Waals surface area contributed by atoms with Crippen molar-refractivity contribution in [2.24, 2.45) is 15.5 Å². The Labute approximate surface area is 257 Å². The quantitative estimate of drug-likeness (QED) is 0.315. The average molecular weight is 645 g/mol. The number of nitrogens with one attached hydrogen (secondary N) is 2. The van der Waals surface area contributed by atoms with Crippen LogP contribution in [0.1, 0.15) is 41.4 Å². The van der Waals surface area contributed by atoms with Gasteiger partial charge in [0.15, 0.2) is 10.8 Å². The molecule has 5 N–H and O–H groups in total. The Morgan fingerprint density at radius 2 is 2.05 bits per heavy atom. The molecule has 44 heavy (non-hydrogen) atoms. The topological polar surface area (TPSA) is 174 Å². The lowest BCUT2D eigenvalue weighted by Crippen LogP contribution is -2.77. The predicted octanol–water partition coefficient (Wildman–Crippen LogP) is 1.16. The lowest BCUT2D eigenvalue weighted by Gasteiger charge is -2.73. The molecule has 2 amide bonds. The van der Waals surface area contributed by atoms with E-state index in [1.807, 2.05) is 15.2 Å². The summed E-state index contributed by atoms with van der Waals surface area (Å²) < 4.78 is 39.7. The van der Waals surface area contributed by atoms with Crippen LogP contribution in [0.15, 0.2) is 46.0 Å². The van der Waals surface area contributed by atoms with E-state index < -0.39 is 28.0 Å². The van der Waals surface area contributed by atoms with Crippen molar-refractivity contribution in [3.63, 3.8) is 0 Å². The number of carboxylic acid groups (broad SMARTS) is 1. The summed E-state index contributed by atoms with van der Waals surface area (Å²) in [6.45, 7) is 4.36. The molecule has 2 saturated heterocycles. The standard InChI is InChI=1S/C28H33FN8O5S2/c1-16-18(3-2-4-19(16)29)22-21(25(38)39)20(33-23(34-22)24-31-5-8-43-24)11-35-6-7-36-17(9-35)10-37(26(36)40)28-12-27(13-28,14-28)15-32-44(30,41)42/h2-5,8,17,22,32H,6-7,9-15H2,1H3,(H,33,34)(H,38,39)(H2,30,41,42)/t17-,22-,27?,28?/m0/s1. The summed E-state index contributed by atoms with van der Waals surface area (Å²) in [5.41, 5.74) is 0.962. The molecule has 4 heterocycles. The molecule has 5 fully saturated rings. The van der Waals surface area contributed by atoms with Gasteiger partial charge in [0, 0.05) is 62.1 Å². The van der Waals surface area contributed by atoms with Gasteiger partial charge in [0.2, 0.25) is 0 Å². The van der Waals surface area contributed by atoms with E-state index >= 15 is 0 Å². The van der Waals surface area contributed by atoms with Gasteiger partial charge >= 0.3 is 12.0 Å². The monoisotopic (exact) mass is 644 g/mol. The highest BCUT2D eigenvalue weighted by Crippen LogP contribution is 2.70. The number of nitrogens with zero attached hydrogens (tertiary/aromatic N) is 5. The number of carboxylic acids is 1. The molecule has 3 saturated carbocycles. The third-order valence-electron chi connectivity index (χ3n) is 9.75. The highest BCUT2D eigenvalue weighted by atomic mass is 32.2. The van der Waals surface area contributed by atoms with E-state index in [9.17, 15) is 27.5 Å². The van der Waals surface area contributed by atoms with Gasteiger partial charge in [0.25, 0.3) is 10.2 Å². The molecule has 3 aliphatic heterocycles. The highest BCUT2D eigenvalue weighted by Gasteiger charge is 2.72. The molecule has 0 radical (unpaired) electrons. The normalized spacial score (nSPS) is 30.0. The van der Waals surface area contributed by atoms with Gasteiger partial charge in [0.05, 0.1) is 11.6 Å². The molecular weight excluding hydrogens is 611 g/mol. The van der Waals surface area contributed by atoms with E-state index in [2.05, 4.69) is 19.9 Å². The minimum Gasteiger partial charge on any atom is -0.478 e. The van der Waals surface area contributed by atoms with Crippen LogP contribution in [-0.2, 0) is 15.0 Å². The first-order valence-electron chi connectivity index (χ1n) is 14.4. The largest absolute Gasteiger partial charge is 0.478 e. The van der Waals surface area contributed by atoms with Crippen LogP contribution < -0.4 is 15.2 Å². The van der Waals surface area contributed by atoms with E-state index in [-0.39, 0.29) is 41.7 Å². The van der Waals surface area contributed by atoms with Crippen LogP contribution in [0.3, 0.4) is 0 Å². The number of hydrogen-bond acceptors (Lipinski definition) is 9. The highest BCUT2D eigenvalue weighted by molar-refractivity contribution is 7.87. The van der Waals surface area contributed by atoms with Crippen LogP contribution in [-0.4, -0.2) is 102 Å². The number of aromatic nitrogens is 1. The molecule has 16 heteroatoms. The fourth-order valence-corrected chi connectivity index (χ4v) is 8.86. The second-order valence-corrected chi connectivity index (χ2v) is 14.9. The van der Waals surface area contributed by atoms with Crippen molar-refractivity contribution in [2.45, 2.75) is 43.8 Å². The number of amidine groups is 1. The minimum atomic E-state index is -3.76. The van der Waals surface area contributed by atoms with Gasteiger partial charge in [0.1, 0.15) is 11.9 Å². The Morgan fingerprint density at radius 3 is 2.73 bits per heavy atom. The maximum atomic E-state index is 14.6. The third kappa shape index (κ3) is 4.88. The Bertz CT molecular complexity index is 1690. The molecule has 8 rings (SSSR count). The van der Waals surface area contributed by atoms with Crippen molar-refractivity contribution < 1.29 is 27.5 Å². The first-order chi connectivity index (χ1) is 20.9. The van der Waals surface area contributed by atoms with Crippen LogP contribution in [0.4, 0.5) is 9.18 Å². The van der Waals surface area contributed by atoms with Crippen molar-refractivity contribution in [1.82, 2.24) is 29.7 Å². The molecule has 2 aromatic rings. The number of thiazole rings is 1. The summed E-state index contributed by atoms with van der Waals surface area (Å²) >= 11 is 1.37. The number of urea groups is 1. The Morgan fingerprint density at radius 1 is 1.27 bits per heavy atom. The number of hydrogen-bond donors (Lipinski definition) is 4. The van der Waals surface area contributed by atoms with Crippen molar-refractivity contribution >= 4 is 39.4 Å².